The van der Waals surface area contributed by atoms with Gasteiger partial charge in [0.1, 0.15) is 9.79 Å². The Morgan fingerprint density at radius 3 is 1.95 bits per heavy atom. The molecule has 0 radical (unpaired) electrons. The van der Waals surface area contributed by atoms with Crippen LogP contribution in [0.2, 0.25) is 0 Å². The Labute approximate surface area is 124 Å². The molecule has 0 unspecified atom stereocenters. The number of hydrogen-bond donors (Lipinski definition) is 2. The molecule has 0 amide bonds. The molecule has 0 aliphatic carbocycles. The van der Waals surface area contributed by atoms with Gasteiger partial charge >= 0.3 is 0 Å². The van der Waals surface area contributed by atoms with Crippen LogP contribution in [0.4, 0.5) is 0 Å². The number of carbonyl (C=O) groups is 1. The molecule has 12 heteroatoms. The lowest BCUT2D eigenvalue weighted by Crippen LogP contribution is -2.16. The summed E-state index contributed by atoms with van der Waals surface area (Å²) >= 11 is 0. The highest BCUT2D eigenvalue weighted by atomic mass is 32.2. The number of carbonyl (C=O) groups excluding carboxylic acids is 1. The van der Waals surface area contributed by atoms with Gasteiger partial charge in [0.2, 0.25) is 5.78 Å². The van der Waals surface area contributed by atoms with Crippen LogP contribution in [0, 0.1) is 0 Å². The van der Waals surface area contributed by atoms with Crippen LogP contribution in [0.5, 0.6) is 5.75 Å². The van der Waals surface area contributed by atoms with Crippen molar-refractivity contribution in [1.29, 1.82) is 0 Å². The molecular weight excluding hydrogens is 342 g/mol. The molecule has 1 heterocycles. The summed E-state index contributed by atoms with van der Waals surface area (Å²) in [7, 11) is -8.87. The van der Waals surface area contributed by atoms with E-state index >= 15 is 0 Å². The smallest absolute Gasteiger partial charge is 0.298 e. The Morgan fingerprint density at radius 1 is 1.14 bits per heavy atom. The van der Waals surface area contributed by atoms with Crippen molar-refractivity contribution in [2.45, 2.75) is 9.79 Å². The van der Waals surface area contributed by atoms with Crippen molar-refractivity contribution in [3.05, 3.63) is 17.7 Å². The first-order chi connectivity index (χ1) is 10.1. The van der Waals surface area contributed by atoms with Crippen LogP contribution >= 0.6 is 0 Å². The Bertz CT molecular complexity index is 830. The molecule has 0 spiro atoms. The van der Waals surface area contributed by atoms with Crippen molar-refractivity contribution in [2.24, 2.45) is 5.16 Å². The lowest BCUT2D eigenvalue weighted by atomic mass is 10.1. The van der Waals surface area contributed by atoms with Crippen LogP contribution in [0.3, 0.4) is 0 Å². The molecule has 2 N–H and O–H groups in total. The van der Waals surface area contributed by atoms with Gasteiger partial charge in [0, 0.05) is 5.56 Å². The molecule has 0 saturated carbocycles. The molecule has 1 aliphatic heterocycles. The van der Waals surface area contributed by atoms with Crippen LogP contribution in [0.15, 0.2) is 27.1 Å². The minimum atomic E-state index is -4.91. The van der Waals surface area contributed by atoms with Crippen LogP contribution in [0.1, 0.15) is 5.56 Å². The fourth-order valence-electron chi connectivity index (χ4n) is 1.79. The van der Waals surface area contributed by atoms with Gasteiger partial charge in [-0.25, -0.2) is 0 Å². The zero-order chi connectivity index (χ0) is 16.7. The second kappa shape index (κ2) is 5.31. The van der Waals surface area contributed by atoms with Gasteiger partial charge in [0.25, 0.3) is 20.2 Å². The number of methoxy groups -OCH3 is 1. The maximum Gasteiger partial charge on any atom is 0.298 e. The van der Waals surface area contributed by atoms with E-state index in [0.29, 0.717) is 0 Å². The molecule has 1 aromatic carbocycles. The van der Waals surface area contributed by atoms with E-state index in [-0.39, 0.29) is 11.3 Å². The average molecular weight is 351 g/mol. The summed E-state index contributed by atoms with van der Waals surface area (Å²) < 4.78 is 68.5. The van der Waals surface area contributed by atoms with Crippen molar-refractivity contribution in [2.75, 3.05) is 13.7 Å². The summed E-state index contributed by atoms with van der Waals surface area (Å²) in [5.74, 6) is -1.42. The lowest BCUT2D eigenvalue weighted by Gasteiger charge is -2.12. The molecule has 10 nitrogen and oxygen atoms in total. The van der Waals surface area contributed by atoms with Crippen LogP contribution in [-0.2, 0) is 29.9 Å². The van der Waals surface area contributed by atoms with Crippen molar-refractivity contribution in [1.82, 2.24) is 0 Å². The van der Waals surface area contributed by atoms with E-state index in [0.717, 1.165) is 19.2 Å². The molecule has 1 aliphatic rings. The van der Waals surface area contributed by atoms with Gasteiger partial charge in [-0.15, -0.1) is 0 Å². The van der Waals surface area contributed by atoms with Crippen LogP contribution in [0.25, 0.3) is 0 Å². The summed E-state index contributed by atoms with van der Waals surface area (Å²) in [4.78, 5) is 14.2. The fourth-order valence-corrected chi connectivity index (χ4v) is 3.26. The topological polar surface area (TPSA) is 157 Å². The zero-order valence-corrected chi connectivity index (χ0v) is 12.5. The third-order valence-electron chi connectivity index (χ3n) is 2.67. The molecule has 22 heavy (non-hydrogen) atoms. The number of ketones is 1. The minimum Gasteiger partial charge on any atom is -0.494 e. The minimum absolute atomic E-state index is 0.274. The van der Waals surface area contributed by atoms with Gasteiger partial charge in [-0.3, -0.25) is 13.9 Å². The molecule has 1 aromatic rings. The predicted molar refractivity (Wildman–Crippen MR) is 70.1 cm³/mol. The SMILES string of the molecule is COc1c(S(=O)(=O)O)cc(C2=NOCC2=O)cc1S(=O)(=O)O. The highest BCUT2D eigenvalue weighted by molar-refractivity contribution is 7.86. The number of rotatable bonds is 4. The van der Waals surface area contributed by atoms with E-state index in [4.69, 9.17) is 0 Å². The first kappa shape index (κ1) is 16.4. The summed E-state index contributed by atoms with van der Waals surface area (Å²) in [5, 5.41) is 3.36. The second-order valence-electron chi connectivity index (χ2n) is 4.09. The molecule has 0 bridgehead atoms. The summed E-state index contributed by atoms with van der Waals surface area (Å²) in [6, 6.07) is 1.57. The standard InChI is InChI=1S/C10H9NO9S2/c1-19-10-7(21(13,14)15)2-5(3-8(10)22(16,17)18)9-6(12)4-20-11-9/h2-3H,4H2,1H3,(H,13,14,15)(H,16,17,18). The number of benzene rings is 1. The van der Waals surface area contributed by atoms with Crippen LogP contribution < -0.4 is 4.74 Å². The van der Waals surface area contributed by atoms with Crippen molar-refractivity contribution >= 4 is 31.7 Å². The normalized spacial score (nSPS) is 15.4. The Balaban J connectivity index is 2.88. The average Bonchev–Trinajstić information content (AvgIpc) is 2.81. The van der Waals surface area contributed by atoms with E-state index < -0.39 is 48.2 Å². The monoisotopic (exact) mass is 351 g/mol. The maximum atomic E-state index is 11.5. The molecule has 0 fully saturated rings. The van der Waals surface area contributed by atoms with Gasteiger partial charge in [0.15, 0.2) is 18.1 Å². The van der Waals surface area contributed by atoms with Crippen LogP contribution in [-0.4, -0.2) is 51.2 Å². The maximum absolute atomic E-state index is 11.5. The summed E-state index contributed by atoms with van der Waals surface area (Å²) in [6.07, 6.45) is 0. The lowest BCUT2D eigenvalue weighted by molar-refractivity contribution is -0.114. The van der Waals surface area contributed by atoms with Gasteiger partial charge in [-0.1, -0.05) is 5.16 Å². The Morgan fingerprint density at radius 2 is 1.64 bits per heavy atom. The molecule has 120 valence electrons. The number of nitrogens with zero attached hydrogens (tertiary/aromatic N) is 1. The molecule has 2 rings (SSSR count). The highest BCUT2D eigenvalue weighted by Crippen LogP contribution is 2.33. The van der Waals surface area contributed by atoms with Crippen molar-refractivity contribution < 1.29 is 40.3 Å². The first-order valence-corrected chi connectivity index (χ1v) is 8.34. The summed E-state index contributed by atoms with van der Waals surface area (Å²) in [6.45, 7) is -0.399. The zero-order valence-electron chi connectivity index (χ0n) is 10.9. The Kier molecular flexibility index (Phi) is 3.95. The van der Waals surface area contributed by atoms with Crippen molar-refractivity contribution in [3.8, 4) is 5.75 Å². The number of oxime groups is 1. The quantitative estimate of drug-likeness (QED) is 0.682. The number of hydrogen-bond acceptors (Lipinski definition) is 8. The van der Waals surface area contributed by atoms with E-state index in [9.17, 15) is 30.7 Å². The second-order valence-corrected chi connectivity index (χ2v) is 6.87. The van der Waals surface area contributed by atoms with Gasteiger partial charge in [-0.2, -0.15) is 16.8 Å². The molecule has 0 aromatic heterocycles. The number of ether oxygens (including phenoxy) is 1. The molecule has 0 saturated heterocycles. The Hall–Kier alpha value is -2.02. The van der Waals surface area contributed by atoms with Gasteiger partial charge < -0.3 is 9.57 Å². The largest absolute Gasteiger partial charge is 0.494 e. The third-order valence-corrected chi connectivity index (χ3v) is 4.39. The third kappa shape index (κ3) is 2.94. The van der Waals surface area contributed by atoms with Crippen molar-refractivity contribution in [3.63, 3.8) is 0 Å². The predicted octanol–water partition coefficient (Wildman–Crippen LogP) is -0.508. The highest BCUT2D eigenvalue weighted by Gasteiger charge is 2.30. The summed E-state index contributed by atoms with van der Waals surface area (Å²) in [5.41, 5.74) is -0.624. The van der Waals surface area contributed by atoms with E-state index in [1.165, 1.54) is 0 Å². The molecular formula is C10H9NO9S2. The number of Topliss-reactive ketones (excluding diaryl/α,β-unsaturated/α-hetero) is 1. The van der Waals surface area contributed by atoms with Gasteiger partial charge in [0.05, 0.1) is 7.11 Å². The fraction of sp³-hybridized carbons (Fsp3) is 0.200. The first-order valence-electron chi connectivity index (χ1n) is 5.46. The van der Waals surface area contributed by atoms with E-state index in [1.54, 1.807) is 0 Å². The van der Waals surface area contributed by atoms with E-state index in [1.807, 2.05) is 0 Å². The van der Waals surface area contributed by atoms with E-state index in [2.05, 4.69) is 14.7 Å². The molecule has 0 atom stereocenters. The van der Waals surface area contributed by atoms with Gasteiger partial charge in [-0.05, 0) is 12.1 Å².